The molecule has 0 spiro atoms. The van der Waals surface area contributed by atoms with Gasteiger partial charge in [-0.05, 0) is 37.9 Å². The standard InChI is InChI=1S/C11H18N2O3S/c1-12-8-10-5-6-11(16-10)17(14,15)13-7-9-3-2-4-9/h5-6,9,12-13H,2-4,7-8H2,1H3. The van der Waals surface area contributed by atoms with E-state index in [-0.39, 0.29) is 5.09 Å². The molecule has 5 nitrogen and oxygen atoms in total. The maximum atomic E-state index is 11.9. The summed E-state index contributed by atoms with van der Waals surface area (Å²) in [4.78, 5) is 0. The zero-order valence-corrected chi connectivity index (χ0v) is 10.7. The van der Waals surface area contributed by atoms with Crippen LogP contribution in [-0.2, 0) is 16.6 Å². The Morgan fingerprint density at radius 3 is 2.76 bits per heavy atom. The van der Waals surface area contributed by atoms with Crippen LogP contribution in [0.5, 0.6) is 0 Å². The Morgan fingerprint density at radius 1 is 1.41 bits per heavy atom. The molecule has 0 bridgehead atoms. The van der Waals surface area contributed by atoms with E-state index < -0.39 is 10.0 Å². The van der Waals surface area contributed by atoms with Gasteiger partial charge in [-0.25, -0.2) is 13.1 Å². The molecule has 0 aliphatic heterocycles. The summed E-state index contributed by atoms with van der Waals surface area (Å²) in [5.41, 5.74) is 0. The number of hydrogen-bond acceptors (Lipinski definition) is 4. The van der Waals surface area contributed by atoms with Gasteiger partial charge in [0.15, 0.2) is 0 Å². The molecule has 0 aromatic carbocycles. The highest BCUT2D eigenvalue weighted by atomic mass is 32.2. The fourth-order valence-electron chi connectivity index (χ4n) is 1.77. The Labute approximate surface area is 102 Å². The molecule has 0 radical (unpaired) electrons. The van der Waals surface area contributed by atoms with E-state index in [0.29, 0.717) is 24.8 Å². The molecule has 1 aliphatic rings. The number of nitrogens with one attached hydrogen (secondary N) is 2. The predicted molar refractivity (Wildman–Crippen MR) is 64.0 cm³/mol. The first kappa shape index (κ1) is 12.6. The van der Waals surface area contributed by atoms with Gasteiger partial charge in [0.05, 0.1) is 6.54 Å². The molecule has 96 valence electrons. The molecule has 1 saturated carbocycles. The normalized spacial score (nSPS) is 17.0. The molecule has 17 heavy (non-hydrogen) atoms. The van der Waals surface area contributed by atoms with E-state index in [4.69, 9.17) is 4.42 Å². The van der Waals surface area contributed by atoms with Crippen LogP contribution in [-0.4, -0.2) is 22.0 Å². The minimum absolute atomic E-state index is 0.00192. The zero-order chi connectivity index (χ0) is 12.3. The van der Waals surface area contributed by atoms with E-state index in [2.05, 4.69) is 10.0 Å². The fraction of sp³-hybridized carbons (Fsp3) is 0.636. The van der Waals surface area contributed by atoms with Crippen LogP contribution in [0.4, 0.5) is 0 Å². The van der Waals surface area contributed by atoms with Crippen LogP contribution in [0.3, 0.4) is 0 Å². The molecule has 1 fully saturated rings. The Kier molecular flexibility index (Phi) is 3.86. The third kappa shape index (κ3) is 3.08. The first-order valence-corrected chi connectivity index (χ1v) is 7.33. The van der Waals surface area contributed by atoms with Gasteiger partial charge in [-0.2, -0.15) is 0 Å². The van der Waals surface area contributed by atoms with Crippen molar-refractivity contribution in [3.63, 3.8) is 0 Å². The second kappa shape index (κ2) is 5.20. The lowest BCUT2D eigenvalue weighted by atomic mass is 9.86. The van der Waals surface area contributed by atoms with Gasteiger partial charge in [-0.1, -0.05) is 6.42 Å². The third-order valence-electron chi connectivity index (χ3n) is 3.04. The predicted octanol–water partition coefficient (Wildman–Crippen LogP) is 1.08. The Balaban J connectivity index is 1.97. The highest BCUT2D eigenvalue weighted by Gasteiger charge is 2.23. The van der Waals surface area contributed by atoms with Gasteiger partial charge in [0.1, 0.15) is 5.76 Å². The second-order valence-electron chi connectivity index (χ2n) is 4.40. The smallest absolute Gasteiger partial charge is 0.273 e. The lowest BCUT2D eigenvalue weighted by molar-refractivity contribution is 0.314. The number of hydrogen-bond donors (Lipinski definition) is 2. The fourth-order valence-corrected chi connectivity index (χ4v) is 2.83. The van der Waals surface area contributed by atoms with Crippen LogP contribution in [0.1, 0.15) is 25.0 Å². The zero-order valence-electron chi connectivity index (χ0n) is 9.90. The molecule has 0 unspecified atom stereocenters. The van der Waals surface area contributed by atoms with Crippen LogP contribution in [0.15, 0.2) is 21.6 Å². The van der Waals surface area contributed by atoms with Gasteiger partial charge in [0.25, 0.3) is 10.0 Å². The molecule has 1 aliphatic carbocycles. The summed E-state index contributed by atoms with van der Waals surface area (Å²) >= 11 is 0. The van der Waals surface area contributed by atoms with Gasteiger partial charge in [-0.3, -0.25) is 0 Å². The summed E-state index contributed by atoms with van der Waals surface area (Å²) in [6.07, 6.45) is 3.44. The van der Waals surface area contributed by atoms with Crippen molar-refractivity contribution >= 4 is 10.0 Å². The molecule has 2 rings (SSSR count). The van der Waals surface area contributed by atoms with Crippen molar-refractivity contribution in [2.24, 2.45) is 5.92 Å². The van der Waals surface area contributed by atoms with Crippen LogP contribution in [0, 0.1) is 5.92 Å². The van der Waals surface area contributed by atoms with Crippen molar-refractivity contribution in [2.45, 2.75) is 30.9 Å². The molecular weight excluding hydrogens is 240 g/mol. The van der Waals surface area contributed by atoms with Gasteiger partial charge in [0, 0.05) is 6.54 Å². The molecule has 6 heteroatoms. The summed E-state index contributed by atoms with van der Waals surface area (Å²) in [6, 6.07) is 3.17. The summed E-state index contributed by atoms with van der Waals surface area (Å²) < 4.78 is 31.6. The van der Waals surface area contributed by atoms with Crippen molar-refractivity contribution < 1.29 is 12.8 Å². The molecule has 1 aromatic rings. The van der Waals surface area contributed by atoms with Gasteiger partial charge < -0.3 is 9.73 Å². The first-order valence-electron chi connectivity index (χ1n) is 5.85. The van der Waals surface area contributed by atoms with Crippen molar-refractivity contribution in [2.75, 3.05) is 13.6 Å². The topological polar surface area (TPSA) is 71.3 Å². The lowest BCUT2D eigenvalue weighted by Crippen LogP contribution is -2.32. The number of furan rings is 1. The highest BCUT2D eigenvalue weighted by molar-refractivity contribution is 7.89. The van der Waals surface area contributed by atoms with Crippen LogP contribution in [0.2, 0.25) is 0 Å². The molecule has 0 saturated heterocycles. The summed E-state index contributed by atoms with van der Waals surface area (Å²) in [6.45, 7) is 1.04. The molecule has 0 amide bonds. The van der Waals surface area contributed by atoms with E-state index in [1.807, 2.05) is 0 Å². The van der Waals surface area contributed by atoms with Crippen LogP contribution >= 0.6 is 0 Å². The Morgan fingerprint density at radius 2 is 2.18 bits per heavy atom. The molecular formula is C11H18N2O3S. The third-order valence-corrected chi connectivity index (χ3v) is 4.34. The van der Waals surface area contributed by atoms with Crippen molar-refractivity contribution in [1.82, 2.24) is 10.0 Å². The first-order chi connectivity index (χ1) is 8.12. The van der Waals surface area contributed by atoms with Crippen molar-refractivity contribution in [1.29, 1.82) is 0 Å². The van der Waals surface area contributed by atoms with E-state index in [9.17, 15) is 8.42 Å². The molecule has 2 N–H and O–H groups in total. The average Bonchev–Trinajstić information content (AvgIpc) is 2.65. The monoisotopic (exact) mass is 258 g/mol. The average molecular weight is 258 g/mol. The summed E-state index contributed by atoms with van der Waals surface area (Å²) in [7, 11) is -1.69. The second-order valence-corrected chi connectivity index (χ2v) is 6.10. The molecule has 1 heterocycles. The van der Waals surface area contributed by atoms with Crippen LogP contribution < -0.4 is 10.0 Å². The van der Waals surface area contributed by atoms with Gasteiger partial charge in [-0.15, -0.1) is 0 Å². The minimum atomic E-state index is -3.47. The summed E-state index contributed by atoms with van der Waals surface area (Å²) in [5, 5.41) is 2.91. The molecule has 1 aromatic heterocycles. The van der Waals surface area contributed by atoms with E-state index in [1.54, 1.807) is 13.1 Å². The van der Waals surface area contributed by atoms with E-state index in [1.165, 1.54) is 12.5 Å². The lowest BCUT2D eigenvalue weighted by Gasteiger charge is -2.24. The van der Waals surface area contributed by atoms with Gasteiger partial charge >= 0.3 is 0 Å². The molecule has 0 atom stereocenters. The van der Waals surface area contributed by atoms with Crippen LogP contribution in [0.25, 0.3) is 0 Å². The van der Waals surface area contributed by atoms with Crippen molar-refractivity contribution in [3.8, 4) is 0 Å². The Bertz CT molecular complexity index is 463. The van der Waals surface area contributed by atoms with E-state index in [0.717, 1.165) is 12.8 Å². The highest BCUT2D eigenvalue weighted by Crippen LogP contribution is 2.25. The minimum Gasteiger partial charge on any atom is -0.447 e. The SMILES string of the molecule is CNCc1ccc(S(=O)(=O)NCC2CCC2)o1. The quantitative estimate of drug-likeness (QED) is 0.801. The largest absolute Gasteiger partial charge is 0.447 e. The van der Waals surface area contributed by atoms with Crippen molar-refractivity contribution in [3.05, 3.63) is 17.9 Å². The number of rotatable bonds is 6. The maximum Gasteiger partial charge on any atom is 0.273 e. The van der Waals surface area contributed by atoms with E-state index >= 15 is 0 Å². The number of sulfonamides is 1. The van der Waals surface area contributed by atoms with Gasteiger partial charge in [0.2, 0.25) is 5.09 Å². The summed E-state index contributed by atoms with van der Waals surface area (Å²) in [5.74, 6) is 1.12. The maximum absolute atomic E-state index is 11.9. The Hall–Kier alpha value is -0.850.